The first-order valence-corrected chi connectivity index (χ1v) is 6.77. The van der Waals surface area contributed by atoms with Gasteiger partial charge in [0.2, 0.25) is 0 Å². The van der Waals surface area contributed by atoms with Crippen molar-refractivity contribution in [3.63, 3.8) is 0 Å². The van der Waals surface area contributed by atoms with Crippen molar-refractivity contribution in [3.8, 4) is 11.5 Å². The van der Waals surface area contributed by atoms with E-state index in [1.807, 2.05) is 0 Å². The lowest BCUT2D eigenvalue weighted by molar-refractivity contribution is 0.166. The Kier molecular flexibility index (Phi) is 2.74. The molecule has 1 atom stereocenters. The number of fused-ring (bicyclic) bond motifs is 1. The Morgan fingerprint density at radius 3 is 2.72 bits per heavy atom. The molecule has 0 bridgehead atoms. The number of aryl methyl sites for hydroxylation is 1. The molecule has 2 aliphatic heterocycles. The molecule has 1 aromatic rings. The molecule has 1 N–H and O–H groups in total. The maximum atomic E-state index is 5.90. The maximum Gasteiger partial charge on any atom is 0.166 e. The van der Waals surface area contributed by atoms with E-state index in [2.05, 4.69) is 32.2 Å². The zero-order valence-corrected chi connectivity index (χ0v) is 11.4. The molecule has 18 heavy (non-hydrogen) atoms. The van der Waals surface area contributed by atoms with Gasteiger partial charge in [-0.1, -0.05) is 0 Å². The number of benzene rings is 1. The third-order valence-corrected chi connectivity index (χ3v) is 4.27. The number of hydrogen-bond donors (Lipinski definition) is 1. The van der Waals surface area contributed by atoms with Crippen molar-refractivity contribution in [2.24, 2.45) is 0 Å². The Balaban J connectivity index is 2.20. The van der Waals surface area contributed by atoms with Crippen LogP contribution in [-0.4, -0.2) is 19.8 Å². The topological polar surface area (TPSA) is 30.5 Å². The summed E-state index contributed by atoms with van der Waals surface area (Å²) < 4.78 is 11.7. The van der Waals surface area contributed by atoms with Gasteiger partial charge in [-0.25, -0.2) is 0 Å². The lowest BCUT2D eigenvalue weighted by atomic mass is 9.84. The number of rotatable bonds is 1. The van der Waals surface area contributed by atoms with Crippen LogP contribution in [0.25, 0.3) is 0 Å². The summed E-state index contributed by atoms with van der Waals surface area (Å²) in [6.07, 6.45) is 2.38. The first-order valence-electron chi connectivity index (χ1n) is 6.77. The standard InChI is InChI=1S/C15H21NO2/c1-10-9-12-14(18-8-7-17-12)13(11(10)2)15(3)5-4-6-16-15/h9,16H,4-8H2,1-3H3. The van der Waals surface area contributed by atoms with Gasteiger partial charge in [0.05, 0.1) is 0 Å². The molecule has 0 spiro atoms. The highest BCUT2D eigenvalue weighted by atomic mass is 16.6. The molecule has 1 saturated heterocycles. The molecular weight excluding hydrogens is 226 g/mol. The quantitative estimate of drug-likeness (QED) is 0.827. The smallest absolute Gasteiger partial charge is 0.166 e. The van der Waals surface area contributed by atoms with Crippen molar-refractivity contribution >= 4 is 0 Å². The molecule has 0 aromatic heterocycles. The number of ether oxygens (including phenoxy) is 2. The van der Waals surface area contributed by atoms with Crippen LogP contribution >= 0.6 is 0 Å². The van der Waals surface area contributed by atoms with Gasteiger partial charge < -0.3 is 14.8 Å². The lowest BCUT2D eigenvalue weighted by Crippen LogP contribution is -2.35. The molecule has 1 aromatic carbocycles. The zero-order valence-electron chi connectivity index (χ0n) is 11.4. The fraction of sp³-hybridized carbons (Fsp3) is 0.600. The average Bonchev–Trinajstić information content (AvgIpc) is 2.78. The Bertz CT molecular complexity index is 476. The predicted octanol–water partition coefficient (Wildman–Crippen LogP) is 2.67. The van der Waals surface area contributed by atoms with Crippen LogP contribution in [0.1, 0.15) is 36.5 Å². The molecule has 1 fully saturated rings. The summed E-state index contributed by atoms with van der Waals surface area (Å²) in [7, 11) is 0. The van der Waals surface area contributed by atoms with Gasteiger partial charge >= 0.3 is 0 Å². The van der Waals surface area contributed by atoms with Crippen LogP contribution in [0.2, 0.25) is 0 Å². The minimum Gasteiger partial charge on any atom is -0.486 e. The molecule has 3 heteroatoms. The van der Waals surface area contributed by atoms with E-state index in [0.717, 1.165) is 24.5 Å². The van der Waals surface area contributed by atoms with E-state index < -0.39 is 0 Å². The molecule has 0 radical (unpaired) electrons. The summed E-state index contributed by atoms with van der Waals surface area (Å²) >= 11 is 0. The largest absolute Gasteiger partial charge is 0.486 e. The molecule has 2 aliphatic rings. The summed E-state index contributed by atoms with van der Waals surface area (Å²) in [6.45, 7) is 9.00. The molecule has 0 amide bonds. The molecule has 0 aliphatic carbocycles. The van der Waals surface area contributed by atoms with Crippen LogP contribution in [0.3, 0.4) is 0 Å². The van der Waals surface area contributed by atoms with Crippen molar-refractivity contribution in [1.29, 1.82) is 0 Å². The van der Waals surface area contributed by atoms with E-state index in [4.69, 9.17) is 9.47 Å². The molecular formula is C15H21NO2. The monoisotopic (exact) mass is 247 g/mol. The van der Waals surface area contributed by atoms with E-state index in [1.165, 1.54) is 23.1 Å². The highest BCUT2D eigenvalue weighted by Crippen LogP contribution is 2.45. The van der Waals surface area contributed by atoms with Crippen LogP contribution in [0.4, 0.5) is 0 Å². The lowest BCUT2D eigenvalue weighted by Gasteiger charge is -2.32. The summed E-state index contributed by atoms with van der Waals surface area (Å²) in [4.78, 5) is 0. The predicted molar refractivity (Wildman–Crippen MR) is 71.5 cm³/mol. The van der Waals surface area contributed by atoms with Gasteiger partial charge in [-0.2, -0.15) is 0 Å². The minimum atomic E-state index is 0.0287. The van der Waals surface area contributed by atoms with Crippen molar-refractivity contribution in [2.45, 2.75) is 39.2 Å². The van der Waals surface area contributed by atoms with Gasteiger partial charge in [0, 0.05) is 11.1 Å². The summed E-state index contributed by atoms with van der Waals surface area (Å²) in [5.41, 5.74) is 3.94. The number of nitrogens with one attached hydrogen (secondary N) is 1. The minimum absolute atomic E-state index is 0.0287. The fourth-order valence-corrected chi connectivity index (χ4v) is 3.18. The Hall–Kier alpha value is -1.22. The van der Waals surface area contributed by atoms with E-state index in [0.29, 0.717) is 13.2 Å². The molecule has 98 valence electrons. The van der Waals surface area contributed by atoms with Crippen molar-refractivity contribution in [3.05, 3.63) is 22.8 Å². The van der Waals surface area contributed by atoms with E-state index in [9.17, 15) is 0 Å². The van der Waals surface area contributed by atoms with Gasteiger partial charge in [0.1, 0.15) is 13.2 Å². The maximum absolute atomic E-state index is 5.90. The second kappa shape index (κ2) is 4.16. The van der Waals surface area contributed by atoms with Crippen molar-refractivity contribution in [2.75, 3.05) is 19.8 Å². The van der Waals surface area contributed by atoms with E-state index >= 15 is 0 Å². The van der Waals surface area contributed by atoms with Crippen LogP contribution in [0.15, 0.2) is 6.07 Å². The van der Waals surface area contributed by atoms with Gasteiger partial charge in [-0.15, -0.1) is 0 Å². The molecule has 2 heterocycles. The number of hydrogen-bond acceptors (Lipinski definition) is 3. The highest BCUT2D eigenvalue weighted by Gasteiger charge is 2.36. The van der Waals surface area contributed by atoms with Crippen LogP contribution in [0, 0.1) is 13.8 Å². The van der Waals surface area contributed by atoms with Crippen LogP contribution in [0.5, 0.6) is 11.5 Å². The van der Waals surface area contributed by atoms with Gasteiger partial charge in [-0.05, 0) is 57.4 Å². The normalized spacial score (nSPS) is 26.4. The van der Waals surface area contributed by atoms with Gasteiger partial charge in [0.15, 0.2) is 11.5 Å². The fourth-order valence-electron chi connectivity index (χ4n) is 3.18. The van der Waals surface area contributed by atoms with Crippen molar-refractivity contribution in [1.82, 2.24) is 5.32 Å². The first-order chi connectivity index (χ1) is 8.62. The summed E-state index contributed by atoms with van der Waals surface area (Å²) in [5, 5.41) is 3.63. The SMILES string of the molecule is Cc1cc2c(c(C3(C)CCCN3)c1C)OCCO2. The van der Waals surface area contributed by atoms with Gasteiger partial charge in [-0.3, -0.25) is 0 Å². The summed E-state index contributed by atoms with van der Waals surface area (Å²) in [6, 6.07) is 2.10. The second-order valence-corrected chi connectivity index (χ2v) is 5.58. The molecule has 3 nitrogen and oxygen atoms in total. The van der Waals surface area contributed by atoms with E-state index in [-0.39, 0.29) is 5.54 Å². The van der Waals surface area contributed by atoms with Gasteiger partial charge in [0.25, 0.3) is 0 Å². The average molecular weight is 247 g/mol. The third kappa shape index (κ3) is 1.69. The first kappa shape index (κ1) is 11.8. The van der Waals surface area contributed by atoms with E-state index in [1.54, 1.807) is 0 Å². The molecule has 1 unspecified atom stereocenters. The molecule has 0 saturated carbocycles. The Labute approximate surface area is 108 Å². The third-order valence-electron chi connectivity index (χ3n) is 4.27. The molecule has 3 rings (SSSR count). The highest BCUT2D eigenvalue weighted by molar-refractivity contribution is 5.57. The summed E-state index contributed by atoms with van der Waals surface area (Å²) in [5.74, 6) is 1.87. The Morgan fingerprint density at radius 2 is 2.00 bits per heavy atom. The van der Waals surface area contributed by atoms with Crippen LogP contribution < -0.4 is 14.8 Å². The Morgan fingerprint density at radius 1 is 1.22 bits per heavy atom. The zero-order chi connectivity index (χ0) is 12.8. The second-order valence-electron chi connectivity index (χ2n) is 5.58. The van der Waals surface area contributed by atoms with Crippen molar-refractivity contribution < 1.29 is 9.47 Å². The van der Waals surface area contributed by atoms with Crippen LogP contribution in [-0.2, 0) is 5.54 Å².